The molecule has 1 aliphatic heterocycles. The average Bonchev–Trinajstić information content (AvgIpc) is 2.93. The third-order valence-corrected chi connectivity index (χ3v) is 8.60. The highest BCUT2D eigenvalue weighted by Crippen LogP contribution is 2.54. The molecule has 0 amide bonds. The van der Waals surface area contributed by atoms with Crippen LogP contribution in [0.3, 0.4) is 0 Å². The molecule has 2 aromatic rings. The van der Waals surface area contributed by atoms with Gasteiger partial charge in [0.25, 0.3) is 0 Å². The molecule has 0 spiro atoms. The van der Waals surface area contributed by atoms with Crippen molar-refractivity contribution in [3.63, 3.8) is 0 Å². The predicted octanol–water partition coefficient (Wildman–Crippen LogP) is 6.71. The van der Waals surface area contributed by atoms with E-state index in [4.69, 9.17) is 0 Å². The first kappa shape index (κ1) is 16.8. The number of hydrogen-bond acceptors (Lipinski definition) is 4. The Labute approximate surface area is 149 Å². The van der Waals surface area contributed by atoms with Crippen molar-refractivity contribution in [3.8, 4) is 0 Å². The lowest BCUT2D eigenvalue weighted by atomic mass is 10.1. The quantitative estimate of drug-likeness (QED) is 0.476. The van der Waals surface area contributed by atoms with Crippen LogP contribution in [0.5, 0.6) is 0 Å². The first-order valence-electron chi connectivity index (χ1n) is 7.28. The second kappa shape index (κ2) is 5.80. The Kier molecular flexibility index (Phi) is 4.43. The van der Waals surface area contributed by atoms with Crippen LogP contribution in [0.25, 0.3) is 0 Å². The summed E-state index contributed by atoms with van der Waals surface area (Å²) in [4.78, 5) is 5.47. The van der Waals surface area contributed by atoms with E-state index in [0.29, 0.717) is 0 Å². The van der Waals surface area contributed by atoms with Crippen LogP contribution in [-0.4, -0.2) is 9.13 Å². The molecule has 3 heterocycles. The molecule has 0 atom stereocenters. The Hall–Kier alpha value is -0.0400. The summed E-state index contributed by atoms with van der Waals surface area (Å²) >= 11 is 0. The topological polar surface area (TPSA) is 9.86 Å². The highest BCUT2D eigenvalue weighted by molar-refractivity contribution is 8.79. The minimum absolute atomic E-state index is 0.134. The van der Waals surface area contributed by atoms with Gasteiger partial charge in [-0.2, -0.15) is 0 Å². The summed E-state index contributed by atoms with van der Waals surface area (Å²) in [6.07, 6.45) is 9.14. The molecule has 0 radical (unpaired) electrons. The summed E-state index contributed by atoms with van der Waals surface area (Å²) in [7, 11) is 7.50. The summed E-state index contributed by atoms with van der Waals surface area (Å²) in [6.45, 7) is 13.5. The van der Waals surface area contributed by atoms with Crippen molar-refractivity contribution in [1.29, 1.82) is 0 Å². The molecule has 2 aromatic heterocycles. The van der Waals surface area contributed by atoms with Crippen LogP contribution in [0.2, 0.25) is 0 Å². The molecule has 22 heavy (non-hydrogen) atoms. The van der Waals surface area contributed by atoms with E-state index in [-0.39, 0.29) is 11.1 Å². The Bertz CT molecular complexity index is 583. The molecule has 0 bridgehead atoms. The molecule has 1 aliphatic rings. The second-order valence-corrected chi connectivity index (χ2v) is 11.9. The summed E-state index contributed by atoms with van der Waals surface area (Å²) in [5, 5.41) is 0. The Morgan fingerprint density at radius 3 is 0.955 bits per heavy atom. The molecular formula is C16H22N2S4. The maximum Gasteiger partial charge on any atom is 0.0508 e. The standard InChI is InChI=1S/C16H22N2S4/c1-15(2,3)17-7-11-12(8-17)20-22-14-10-18(16(4,5)6)9-13(14)21-19-11/h7-10H,1-6H3. The summed E-state index contributed by atoms with van der Waals surface area (Å²) in [5.41, 5.74) is 0.268. The van der Waals surface area contributed by atoms with E-state index >= 15 is 0 Å². The van der Waals surface area contributed by atoms with E-state index in [0.717, 1.165) is 0 Å². The van der Waals surface area contributed by atoms with Gasteiger partial charge < -0.3 is 9.13 Å². The molecule has 3 rings (SSSR count). The number of aromatic nitrogens is 2. The van der Waals surface area contributed by atoms with Gasteiger partial charge in [-0.3, -0.25) is 0 Å². The molecule has 0 unspecified atom stereocenters. The van der Waals surface area contributed by atoms with E-state index in [2.05, 4.69) is 75.5 Å². The van der Waals surface area contributed by atoms with Gasteiger partial charge in [0.05, 0.1) is 19.6 Å². The molecule has 0 saturated heterocycles. The van der Waals surface area contributed by atoms with Crippen LogP contribution in [0.1, 0.15) is 41.5 Å². The van der Waals surface area contributed by atoms with Crippen LogP contribution in [-0.2, 0) is 11.1 Å². The summed E-state index contributed by atoms with van der Waals surface area (Å²) < 4.78 is 4.65. The van der Waals surface area contributed by atoms with Crippen molar-refractivity contribution < 1.29 is 0 Å². The number of fused-ring (bicyclic) bond motifs is 2. The van der Waals surface area contributed by atoms with Crippen molar-refractivity contribution in [2.45, 2.75) is 72.2 Å². The fourth-order valence-electron chi connectivity index (χ4n) is 2.04. The molecule has 2 nitrogen and oxygen atoms in total. The van der Waals surface area contributed by atoms with E-state index in [1.54, 1.807) is 0 Å². The van der Waals surface area contributed by atoms with Gasteiger partial charge in [-0.1, -0.05) is 0 Å². The largest absolute Gasteiger partial charge is 0.347 e. The van der Waals surface area contributed by atoms with Crippen molar-refractivity contribution in [2.75, 3.05) is 0 Å². The highest BCUT2D eigenvalue weighted by atomic mass is 33.1. The Morgan fingerprint density at radius 1 is 0.545 bits per heavy atom. The first-order chi connectivity index (χ1) is 10.1. The third kappa shape index (κ3) is 3.40. The van der Waals surface area contributed by atoms with Gasteiger partial charge in [0.15, 0.2) is 0 Å². The zero-order valence-corrected chi connectivity index (χ0v) is 17.1. The van der Waals surface area contributed by atoms with Gasteiger partial charge in [-0.25, -0.2) is 0 Å². The van der Waals surface area contributed by atoms with E-state index in [1.165, 1.54) is 19.6 Å². The van der Waals surface area contributed by atoms with Gasteiger partial charge in [-0.05, 0) is 84.7 Å². The van der Waals surface area contributed by atoms with Gasteiger partial charge in [0, 0.05) is 35.9 Å². The van der Waals surface area contributed by atoms with Gasteiger partial charge in [-0.15, -0.1) is 0 Å². The lowest BCUT2D eigenvalue weighted by molar-refractivity contribution is 0.396. The monoisotopic (exact) mass is 370 g/mol. The zero-order valence-electron chi connectivity index (χ0n) is 13.8. The van der Waals surface area contributed by atoms with Crippen LogP contribution in [0.4, 0.5) is 0 Å². The molecule has 0 aromatic carbocycles. The van der Waals surface area contributed by atoms with E-state index in [9.17, 15) is 0 Å². The van der Waals surface area contributed by atoms with Gasteiger partial charge >= 0.3 is 0 Å². The van der Waals surface area contributed by atoms with Crippen molar-refractivity contribution in [2.24, 2.45) is 0 Å². The molecule has 120 valence electrons. The number of rotatable bonds is 0. The van der Waals surface area contributed by atoms with Crippen LogP contribution < -0.4 is 0 Å². The lowest BCUT2D eigenvalue weighted by Gasteiger charge is -2.21. The molecule has 0 saturated carbocycles. The maximum absolute atomic E-state index is 2.32. The normalized spacial score (nSPS) is 15.9. The first-order valence-corrected chi connectivity index (χ1v) is 11.6. The lowest BCUT2D eigenvalue weighted by Crippen LogP contribution is -2.19. The van der Waals surface area contributed by atoms with Crippen LogP contribution in [0.15, 0.2) is 44.4 Å². The second-order valence-electron chi connectivity index (χ2n) is 7.46. The molecule has 0 aliphatic carbocycles. The summed E-state index contributed by atoms with van der Waals surface area (Å²) in [6, 6.07) is 0. The Morgan fingerprint density at radius 2 is 0.773 bits per heavy atom. The van der Waals surface area contributed by atoms with E-state index < -0.39 is 0 Å². The third-order valence-electron chi connectivity index (χ3n) is 3.50. The number of nitrogens with zero attached hydrogens (tertiary/aromatic N) is 2. The SMILES string of the molecule is CC(C)(C)n1cc2c(c1)SSc1cn(C(C)(C)C)cc1SS2. The van der Waals surface area contributed by atoms with Crippen molar-refractivity contribution in [3.05, 3.63) is 24.8 Å². The minimum atomic E-state index is 0.134. The molecule has 0 N–H and O–H groups in total. The average molecular weight is 371 g/mol. The van der Waals surface area contributed by atoms with E-state index in [1.807, 2.05) is 43.2 Å². The highest BCUT2D eigenvalue weighted by Gasteiger charge is 2.23. The fourth-order valence-corrected chi connectivity index (χ4v) is 7.37. The zero-order chi connectivity index (χ0) is 16.1. The van der Waals surface area contributed by atoms with Gasteiger partial charge in [0.2, 0.25) is 0 Å². The minimum Gasteiger partial charge on any atom is -0.347 e. The van der Waals surface area contributed by atoms with Crippen LogP contribution >= 0.6 is 43.2 Å². The maximum atomic E-state index is 2.32. The van der Waals surface area contributed by atoms with Gasteiger partial charge in [0.1, 0.15) is 0 Å². The smallest absolute Gasteiger partial charge is 0.0508 e. The predicted molar refractivity (Wildman–Crippen MR) is 102 cm³/mol. The molecule has 0 fully saturated rings. The van der Waals surface area contributed by atoms with Crippen LogP contribution in [0, 0.1) is 0 Å². The van der Waals surface area contributed by atoms with Crippen molar-refractivity contribution in [1.82, 2.24) is 9.13 Å². The fraction of sp³-hybridized carbons (Fsp3) is 0.500. The van der Waals surface area contributed by atoms with Crippen molar-refractivity contribution >= 4 is 43.2 Å². The molecule has 6 heteroatoms. The molecular weight excluding hydrogens is 348 g/mol. The Balaban J connectivity index is 1.89. The summed E-state index contributed by atoms with van der Waals surface area (Å²) in [5.74, 6) is 0. The number of hydrogen-bond donors (Lipinski definition) is 0.